The first kappa shape index (κ1) is 55.7. The number of carbonyl (C=O) groups excluding carboxylic acids is 1. The molecule has 6 N–H and O–H groups in total. The lowest BCUT2D eigenvalue weighted by Crippen LogP contribution is -2.60. The molecule has 0 aromatic heterocycles. The third-order valence-electron chi connectivity index (χ3n) is 12.0. The van der Waals surface area contributed by atoms with Gasteiger partial charge in [0.05, 0.1) is 25.4 Å². The van der Waals surface area contributed by atoms with Crippen LogP contribution in [0.2, 0.25) is 0 Å². The molecule has 1 aliphatic heterocycles. The maximum absolute atomic E-state index is 12.9. The minimum Gasteiger partial charge on any atom is -0.394 e. The molecule has 0 bridgehead atoms. The van der Waals surface area contributed by atoms with Gasteiger partial charge in [-0.1, -0.05) is 218 Å². The standard InChI is InChI=1S/C50H95NO8/c1-3-5-7-9-11-13-15-16-17-18-19-20-21-22-23-24-25-26-27-28-30-31-33-35-37-39-44(53)43(42-58-50-49(57)48(56)47(55)45(41-52)59-50)51-46(54)40-38-36-34-32-29-14-12-10-8-6-4-2/h30-31,37,39,43-45,47-50,52-53,55-57H,3-29,32-36,38,40-42H2,1-2H3,(H,51,54)/b31-30+,39-37+. The van der Waals surface area contributed by atoms with Gasteiger partial charge in [-0.3, -0.25) is 4.79 Å². The van der Waals surface area contributed by atoms with E-state index in [1.807, 2.05) is 6.08 Å². The van der Waals surface area contributed by atoms with E-state index in [-0.39, 0.29) is 12.5 Å². The zero-order chi connectivity index (χ0) is 43.0. The topological polar surface area (TPSA) is 149 Å². The van der Waals surface area contributed by atoms with E-state index in [0.717, 1.165) is 38.5 Å². The summed E-state index contributed by atoms with van der Waals surface area (Å²) >= 11 is 0. The second-order valence-electron chi connectivity index (χ2n) is 17.6. The molecule has 1 aliphatic rings. The highest BCUT2D eigenvalue weighted by Gasteiger charge is 2.44. The summed E-state index contributed by atoms with van der Waals surface area (Å²) in [6.45, 7) is 3.76. The average molecular weight is 838 g/mol. The van der Waals surface area contributed by atoms with Gasteiger partial charge in [-0.05, 0) is 32.1 Å². The van der Waals surface area contributed by atoms with E-state index in [1.54, 1.807) is 6.08 Å². The Balaban J connectivity index is 2.27. The van der Waals surface area contributed by atoms with Crippen LogP contribution in [-0.2, 0) is 14.3 Å². The maximum atomic E-state index is 12.9. The van der Waals surface area contributed by atoms with Gasteiger partial charge in [0.25, 0.3) is 0 Å². The molecule has 7 unspecified atom stereocenters. The summed E-state index contributed by atoms with van der Waals surface area (Å²) in [6.07, 6.45) is 42.4. The number of unbranched alkanes of at least 4 members (excludes halogenated alkanes) is 30. The van der Waals surface area contributed by atoms with Gasteiger partial charge in [0, 0.05) is 6.42 Å². The van der Waals surface area contributed by atoms with Crippen LogP contribution in [0.25, 0.3) is 0 Å². The minimum atomic E-state index is -1.57. The van der Waals surface area contributed by atoms with E-state index in [2.05, 4.69) is 31.3 Å². The molecule has 0 saturated carbocycles. The van der Waals surface area contributed by atoms with Gasteiger partial charge in [0.15, 0.2) is 6.29 Å². The Hall–Kier alpha value is -1.33. The Morgan fingerprint density at radius 2 is 0.966 bits per heavy atom. The molecule has 0 aliphatic carbocycles. The maximum Gasteiger partial charge on any atom is 0.220 e. The number of hydrogen-bond acceptors (Lipinski definition) is 8. The average Bonchev–Trinajstić information content (AvgIpc) is 3.23. The van der Waals surface area contributed by atoms with Crippen molar-refractivity contribution in [3.63, 3.8) is 0 Å². The summed E-state index contributed by atoms with van der Waals surface area (Å²) in [7, 11) is 0. The summed E-state index contributed by atoms with van der Waals surface area (Å²) in [6, 6.07) is -0.816. The van der Waals surface area contributed by atoms with Crippen molar-refractivity contribution in [2.45, 2.75) is 275 Å². The fourth-order valence-corrected chi connectivity index (χ4v) is 8.00. The van der Waals surface area contributed by atoms with E-state index < -0.39 is 49.5 Å². The number of rotatable bonds is 42. The molecule has 59 heavy (non-hydrogen) atoms. The molecule has 0 radical (unpaired) electrons. The lowest BCUT2D eigenvalue weighted by molar-refractivity contribution is -0.302. The quantitative estimate of drug-likeness (QED) is 0.0263. The molecule has 9 heteroatoms. The number of aliphatic hydroxyl groups is 5. The fraction of sp³-hybridized carbons (Fsp3) is 0.900. The number of amides is 1. The number of nitrogens with one attached hydrogen (secondary N) is 1. The highest BCUT2D eigenvalue weighted by Crippen LogP contribution is 2.23. The van der Waals surface area contributed by atoms with Crippen LogP contribution in [0.5, 0.6) is 0 Å². The van der Waals surface area contributed by atoms with Crippen LogP contribution >= 0.6 is 0 Å². The molecule has 0 aromatic carbocycles. The predicted molar refractivity (Wildman–Crippen MR) is 244 cm³/mol. The van der Waals surface area contributed by atoms with E-state index >= 15 is 0 Å². The van der Waals surface area contributed by atoms with E-state index in [0.29, 0.717) is 6.42 Å². The molecule has 1 rings (SSSR count). The number of aliphatic hydroxyl groups excluding tert-OH is 5. The number of ether oxygens (including phenoxy) is 2. The Labute approximate surface area is 362 Å². The molecule has 1 amide bonds. The van der Waals surface area contributed by atoms with Crippen LogP contribution < -0.4 is 5.32 Å². The second kappa shape index (κ2) is 40.7. The Bertz CT molecular complexity index is 977. The van der Waals surface area contributed by atoms with Crippen molar-refractivity contribution in [3.05, 3.63) is 24.3 Å². The third kappa shape index (κ3) is 31.2. The van der Waals surface area contributed by atoms with Gasteiger partial charge in [-0.25, -0.2) is 0 Å². The second-order valence-corrected chi connectivity index (χ2v) is 17.6. The molecule has 1 saturated heterocycles. The van der Waals surface area contributed by atoms with Crippen LogP contribution in [0.3, 0.4) is 0 Å². The highest BCUT2D eigenvalue weighted by molar-refractivity contribution is 5.76. The van der Waals surface area contributed by atoms with Crippen molar-refractivity contribution in [2.24, 2.45) is 0 Å². The van der Waals surface area contributed by atoms with Gasteiger partial charge >= 0.3 is 0 Å². The van der Waals surface area contributed by atoms with E-state index in [9.17, 15) is 30.3 Å². The molecule has 9 nitrogen and oxygen atoms in total. The van der Waals surface area contributed by atoms with Crippen LogP contribution in [0.15, 0.2) is 24.3 Å². The first-order valence-electron chi connectivity index (χ1n) is 25.1. The SMILES string of the molecule is CCCCCCCCCCCCCCCCCCCCC/C=C/CC/C=C/C(O)C(COC1OC(CO)C(O)C(O)C1O)NC(=O)CCCCCCCCCCCCC. The summed E-state index contributed by atoms with van der Waals surface area (Å²) in [5.74, 6) is -0.187. The number of hydrogen-bond donors (Lipinski definition) is 6. The molecule has 348 valence electrons. The van der Waals surface area contributed by atoms with Crippen LogP contribution in [0.4, 0.5) is 0 Å². The molecular formula is C50H95NO8. The zero-order valence-electron chi connectivity index (χ0n) is 38.3. The molecule has 7 atom stereocenters. The van der Waals surface area contributed by atoms with Crippen molar-refractivity contribution in [1.82, 2.24) is 5.32 Å². The van der Waals surface area contributed by atoms with E-state index in [4.69, 9.17) is 9.47 Å². The predicted octanol–water partition coefficient (Wildman–Crippen LogP) is 11.1. The molecule has 0 spiro atoms. The number of allylic oxidation sites excluding steroid dienone is 3. The van der Waals surface area contributed by atoms with Crippen molar-refractivity contribution in [2.75, 3.05) is 13.2 Å². The van der Waals surface area contributed by atoms with Gasteiger partial charge in [-0.2, -0.15) is 0 Å². The summed E-state index contributed by atoms with van der Waals surface area (Å²) in [4.78, 5) is 12.9. The third-order valence-corrected chi connectivity index (χ3v) is 12.0. The normalized spacial score (nSPS) is 20.8. The van der Waals surface area contributed by atoms with Crippen molar-refractivity contribution in [1.29, 1.82) is 0 Å². The first-order valence-corrected chi connectivity index (χ1v) is 25.1. The van der Waals surface area contributed by atoms with Gasteiger partial charge in [-0.15, -0.1) is 0 Å². The van der Waals surface area contributed by atoms with Crippen molar-refractivity contribution >= 4 is 5.91 Å². The van der Waals surface area contributed by atoms with Crippen molar-refractivity contribution in [3.8, 4) is 0 Å². The Morgan fingerprint density at radius 3 is 1.42 bits per heavy atom. The summed E-state index contributed by atoms with van der Waals surface area (Å²) in [5.41, 5.74) is 0. The Kier molecular flexibility index (Phi) is 38.4. The summed E-state index contributed by atoms with van der Waals surface area (Å²) in [5, 5.41) is 54.2. The smallest absolute Gasteiger partial charge is 0.220 e. The first-order chi connectivity index (χ1) is 28.8. The lowest BCUT2D eigenvalue weighted by atomic mass is 9.99. The van der Waals surface area contributed by atoms with Crippen LogP contribution in [0.1, 0.15) is 232 Å². The van der Waals surface area contributed by atoms with Gasteiger partial charge < -0.3 is 40.3 Å². The lowest BCUT2D eigenvalue weighted by Gasteiger charge is -2.40. The van der Waals surface area contributed by atoms with Gasteiger partial charge in [0.1, 0.15) is 24.4 Å². The largest absolute Gasteiger partial charge is 0.394 e. The fourth-order valence-electron chi connectivity index (χ4n) is 8.00. The molecule has 1 fully saturated rings. The number of carbonyl (C=O) groups is 1. The minimum absolute atomic E-state index is 0.187. The monoisotopic (exact) mass is 838 g/mol. The van der Waals surface area contributed by atoms with Crippen molar-refractivity contribution < 1.29 is 39.8 Å². The zero-order valence-corrected chi connectivity index (χ0v) is 38.3. The van der Waals surface area contributed by atoms with Crippen LogP contribution in [0, 0.1) is 0 Å². The highest BCUT2D eigenvalue weighted by atomic mass is 16.7. The van der Waals surface area contributed by atoms with E-state index in [1.165, 1.54) is 173 Å². The van der Waals surface area contributed by atoms with Gasteiger partial charge in [0.2, 0.25) is 5.91 Å². The summed E-state index contributed by atoms with van der Waals surface area (Å²) < 4.78 is 11.2. The Morgan fingerprint density at radius 1 is 0.559 bits per heavy atom. The van der Waals surface area contributed by atoms with Crippen LogP contribution in [-0.4, -0.2) is 87.5 Å². The molecule has 0 aromatic rings. The molecule has 1 heterocycles. The molecular weight excluding hydrogens is 743 g/mol.